The van der Waals surface area contributed by atoms with Gasteiger partial charge in [-0.2, -0.15) is 0 Å². The Morgan fingerprint density at radius 3 is 3.06 bits per heavy atom. The van der Waals surface area contributed by atoms with Crippen molar-refractivity contribution in [3.63, 3.8) is 0 Å². The largest absolute Gasteiger partial charge is 0.316 e. The zero-order valence-electron chi connectivity index (χ0n) is 9.32. The van der Waals surface area contributed by atoms with Gasteiger partial charge in [0.2, 0.25) is 0 Å². The van der Waals surface area contributed by atoms with Gasteiger partial charge in [-0.3, -0.25) is 4.98 Å². The summed E-state index contributed by atoms with van der Waals surface area (Å²) >= 11 is 0. The van der Waals surface area contributed by atoms with Crippen LogP contribution < -0.4 is 5.32 Å². The molecule has 1 aliphatic heterocycles. The van der Waals surface area contributed by atoms with Crippen LogP contribution in [0.2, 0.25) is 0 Å². The zero-order chi connectivity index (χ0) is 10.8. The molecule has 0 amide bonds. The highest BCUT2D eigenvalue weighted by Crippen LogP contribution is 2.22. The number of nitrogens with one attached hydrogen (secondary N) is 1. The Morgan fingerprint density at radius 2 is 2.19 bits per heavy atom. The van der Waals surface area contributed by atoms with Crippen LogP contribution in [0.3, 0.4) is 0 Å². The van der Waals surface area contributed by atoms with Crippen molar-refractivity contribution in [1.29, 1.82) is 0 Å². The van der Waals surface area contributed by atoms with Crippen molar-refractivity contribution < 1.29 is 0 Å². The number of nitrogens with zero attached hydrogens (tertiary/aromatic N) is 1. The van der Waals surface area contributed by atoms with Crippen molar-refractivity contribution in [3.05, 3.63) is 42.2 Å². The Balaban J connectivity index is 1.96. The molecule has 0 saturated carbocycles. The molecule has 16 heavy (non-hydrogen) atoms. The van der Waals surface area contributed by atoms with E-state index < -0.39 is 0 Å². The maximum absolute atomic E-state index is 4.33. The molecule has 0 spiro atoms. The summed E-state index contributed by atoms with van der Waals surface area (Å²) in [7, 11) is 0. The maximum atomic E-state index is 4.33. The first kappa shape index (κ1) is 9.79. The number of benzene rings is 1. The molecule has 1 N–H and O–H groups in total. The van der Waals surface area contributed by atoms with E-state index in [1.54, 1.807) is 0 Å². The monoisotopic (exact) mass is 212 g/mol. The van der Waals surface area contributed by atoms with Crippen LogP contribution in [-0.4, -0.2) is 18.1 Å². The topological polar surface area (TPSA) is 24.9 Å². The van der Waals surface area contributed by atoms with Gasteiger partial charge in [0.05, 0.1) is 0 Å². The number of pyridine rings is 1. The number of aromatic nitrogens is 1. The van der Waals surface area contributed by atoms with E-state index >= 15 is 0 Å². The summed E-state index contributed by atoms with van der Waals surface area (Å²) in [5.41, 5.74) is 1.40. The quantitative estimate of drug-likeness (QED) is 0.826. The summed E-state index contributed by atoms with van der Waals surface area (Å²) in [6.07, 6.45) is 6.43. The lowest BCUT2D eigenvalue weighted by Crippen LogP contribution is -2.11. The molecule has 2 nitrogen and oxygen atoms in total. The highest BCUT2D eigenvalue weighted by atomic mass is 14.9. The summed E-state index contributed by atoms with van der Waals surface area (Å²) in [5, 5.41) is 6.04. The molecule has 3 rings (SSSR count). The van der Waals surface area contributed by atoms with E-state index in [1.165, 1.54) is 29.3 Å². The SMILES string of the molecule is c1ccc2c(C[C@H]3CCNC3)cncc2c1. The number of hydrogen-bond donors (Lipinski definition) is 1. The third-order valence-corrected chi connectivity index (χ3v) is 3.42. The second-order valence-corrected chi connectivity index (χ2v) is 4.58. The molecule has 2 heteroatoms. The number of fused-ring (bicyclic) bond motifs is 1. The Labute approximate surface area is 95.7 Å². The van der Waals surface area contributed by atoms with Gasteiger partial charge < -0.3 is 5.32 Å². The van der Waals surface area contributed by atoms with E-state index in [0.717, 1.165) is 18.9 Å². The fourth-order valence-corrected chi connectivity index (χ4v) is 2.54. The van der Waals surface area contributed by atoms with Gasteiger partial charge in [-0.1, -0.05) is 24.3 Å². The Hall–Kier alpha value is -1.41. The third kappa shape index (κ3) is 1.81. The van der Waals surface area contributed by atoms with E-state index in [0.29, 0.717) is 0 Å². The van der Waals surface area contributed by atoms with Crippen molar-refractivity contribution in [1.82, 2.24) is 10.3 Å². The normalized spacial score (nSPS) is 20.4. The second-order valence-electron chi connectivity index (χ2n) is 4.58. The van der Waals surface area contributed by atoms with Gasteiger partial charge in [-0.05, 0) is 42.8 Å². The number of rotatable bonds is 2. The van der Waals surface area contributed by atoms with E-state index in [2.05, 4.69) is 34.6 Å². The van der Waals surface area contributed by atoms with E-state index in [-0.39, 0.29) is 0 Å². The lowest BCUT2D eigenvalue weighted by molar-refractivity contribution is 0.581. The summed E-state index contributed by atoms with van der Waals surface area (Å²) in [5.74, 6) is 0.785. The molecule has 2 heterocycles. The lowest BCUT2D eigenvalue weighted by Gasteiger charge is -2.10. The van der Waals surface area contributed by atoms with Crippen molar-refractivity contribution in [2.75, 3.05) is 13.1 Å². The van der Waals surface area contributed by atoms with Gasteiger partial charge in [0.1, 0.15) is 0 Å². The molecular formula is C14H16N2. The zero-order valence-corrected chi connectivity index (χ0v) is 9.32. The van der Waals surface area contributed by atoms with Crippen molar-refractivity contribution in [2.45, 2.75) is 12.8 Å². The standard InChI is InChI=1S/C14H16N2/c1-2-4-14-12(3-1)9-16-10-13(14)7-11-5-6-15-8-11/h1-4,9-11,15H,5-8H2/t11-/m1/s1. The smallest absolute Gasteiger partial charge is 0.0346 e. The van der Waals surface area contributed by atoms with Crippen LogP contribution in [0.15, 0.2) is 36.7 Å². The van der Waals surface area contributed by atoms with Crippen LogP contribution in [-0.2, 0) is 6.42 Å². The molecule has 0 aliphatic carbocycles. The highest BCUT2D eigenvalue weighted by Gasteiger charge is 2.15. The van der Waals surface area contributed by atoms with E-state index in [9.17, 15) is 0 Å². The van der Waals surface area contributed by atoms with Gasteiger partial charge in [-0.25, -0.2) is 0 Å². The Morgan fingerprint density at radius 1 is 1.25 bits per heavy atom. The van der Waals surface area contributed by atoms with Crippen LogP contribution in [0.5, 0.6) is 0 Å². The first-order valence-electron chi connectivity index (χ1n) is 5.96. The van der Waals surface area contributed by atoms with Crippen molar-refractivity contribution in [3.8, 4) is 0 Å². The fourth-order valence-electron chi connectivity index (χ4n) is 2.54. The van der Waals surface area contributed by atoms with Crippen LogP contribution in [0.4, 0.5) is 0 Å². The predicted molar refractivity (Wildman–Crippen MR) is 66.4 cm³/mol. The minimum atomic E-state index is 0.785. The summed E-state index contributed by atoms with van der Waals surface area (Å²) in [6, 6.07) is 8.52. The fraction of sp³-hybridized carbons (Fsp3) is 0.357. The molecule has 1 aromatic carbocycles. The van der Waals surface area contributed by atoms with Gasteiger partial charge in [0.15, 0.2) is 0 Å². The molecule has 1 aromatic heterocycles. The van der Waals surface area contributed by atoms with Crippen molar-refractivity contribution in [2.24, 2.45) is 5.92 Å². The van der Waals surface area contributed by atoms with E-state index in [4.69, 9.17) is 0 Å². The first-order chi connectivity index (χ1) is 7.93. The van der Waals surface area contributed by atoms with Crippen LogP contribution >= 0.6 is 0 Å². The van der Waals surface area contributed by atoms with Crippen LogP contribution in [0.1, 0.15) is 12.0 Å². The maximum Gasteiger partial charge on any atom is 0.0346 e. The molecule has 1 saturated heterocycles. The Kier molecular flexibility index (Phi) is 2.58. The average molecular weight is 212 g/mol. The van der Waals surface area contributed by atoms with Crippen LogP contribution in [0.25, 0.3) is 10.8 Å². The molecule has 2 aromatic rings. The molecule has 1 aliphatic rings. The predicted octanol–water partition coefficient (Wildman–Crippen LogP) is 2.39. The Bertz CT molecular complexity index is 482. The molecule has 0 unspecified atom stereocenters. The average Bonchev–Trinajstić information content (AvgIpc) is 2.82. The molecular weight excluding hydrogens is 196 g/mol. The molecule has 1 fully saturated rings. The van der Waals surface area contributed by atoms with Crippen molar-refractivity contribution >= 4 is 10.8 Å². The summed E-state index contributed by atoms with van der Waals surface area (Å²) < 4.78 is 0. The first-order valence-corrected chi connectivity index (χ1v) is 5.96. The molecule has 0 bridgehead atoms. The molecule has 82 valence electrons. The van der Waals surface area contributed by atoms with Gasteiger partial charge >= 0.3 is 0 Å². The minimum absolute atomic E-state index is 0.785. The van der Waals surface area contributed by atoms with Gasteiger partial charge in [0.25, 0.3) is 0 Å². The lowest BCUT2D eigenvalue weighted by atomic mass is 9.96. The number of hydrogen-bond acceptors (Lipinski definition) is 2. The third-order valence-electron chi connectivity index (χ3n) is 3.42. The summed E-state index contributed by atoms with van der Waals surface area (Å²) in [4.78, 5) is 4.33. The highest BCUT2D eigenvalue weighted by molar-refractivity contribution is 5.84. The minimum Gasteiger partial charge on any atom is -0.316 e. The summed E-state index contributed by atoms with van der Waals surface area (Å²) in [6.45, 7) is 2.33. The van der Waals surface area contributed by atoms with Gasteiger partial charge in [-0.15, -0.1) is 0 Å². The van der Waals surface area contributed by atoms with Gasteiger partial charge in [0, 0.05) is 17.8 Å². The molecule has 1 atom stereocenters. The second kappa shape index (κ2) is 4.22. The molecule has 0 radical (unpaired) electrons. The van der Waals surface area contributed by atoms with E-state index in [1.807, 2.05) is 12.4 Å². The van der Waals surface area contributed by atoms with Crippen LogP contribution in [0, 0.1) is 5.92 Å².